The molecule has 40 heavy (non-hydrogen) atoms. The molecule has 3 aromatic rings. The molecule has 0 spiro atoms. The summed E-state index contributed by atoms with van der Waals surface area (Å²) in [5.41, 5.74) is 14.1. The van der Waals surface area contributed by atoms with Crippen molar-refractivity contribution in [3.63, 3.8) is 0 Å². The van der Waals surface area contributed by atoms with E-state index in [2.05, 4.69) is 58.0 Å². The fourth-order valence-electron chi connectivity index (χ4n) is 6.02. The number of rotatable bonds is 5. The lowest BCUT2D eigenvalue weighted by atomic mass is 9.68. The summed E-state index contributed by atoms with van der Waals surface area (Å²) in [5, 5.41) is 10.5. The number of hydrogen-bond donors (Lipinski definition) is 1. The third kappa shape index (κ3) is 5.07. The van der Waals surface area contributed by atoms with Gasteiger partial charge in [-0.25, -0.2) is 4.39 Å². The van der Waals surface area contributed by atoms with Gasteiger partial charge in [-0.1, -0.05) is 55.8 Å². The molecule has 5 rings (SSSR count). The summed E-state index contributed by atoms with van der Waals surface area (Å²) >= 11 is 1.78. The zero-order chi connectivity index (χ0) is 28.8. The molecular formula is C34H34FN3OS. The Balaban J connectivity index is 1.68. The minimum Gasteiger partial charge on any atom is -0.384 e. The quantitative estimate of drug-likeness (QED) is 0.326. The molecule has 0 saturated carbocycles. The van der Waals surface area contributed by atoms with Gasteiger partial charge in [0.15, 0.2) is 5.78 Å². The van der Waals surface area contributed by atoms with Crippen molar-refractivity contribution >= 4 is 23.2 Å². The monoisotopic (exact) mass is 551 g/mol. The van der Waals surface area contributed by atoms with E-state index >= 15 is 0 Å². The van der Waals surface area contributed by atoms with Gasteiger partial charge in [-0.15, -0.1) is 11.8 Å². The van der Waals surface area contributed by atoms with Crippen molar-refractivity contribution in [1.29, 1.82) is 5.26 Å². The lowest BCUT2D eigenvalue weighted by Gasteiger charge is -2.44. The SMILES string of the molecule is Cc1cc(CSc2ccccc2C)c(C)c(C2C(C#N)=C(N)N(c3cccc(F)c3)C3=C2C(=O)CC(C)(C)C3)c1. The van der Waals surface area contributed by atoms with Gasteiger partial charge in [-0.3, -0.25) is 9.69 Å². The first kappa shape index (κ1) is 27.7. The molecule has 1 aliphatic carbocycles. The van der Waals surface area contributed by atoms with Crippen LogP contribution in [0.5, 0.6) is 0 Å². The van der Waals surface area contributed by atoms with Crippen LogP contribution in [0, 0.1) is 43.3 Å². The number of aryl methyl sites for hydroxylation is 2. The number of nitrogens with two attached hydrogens (primary N) is 1. The Hall–Kier alpha value is -3.82. The number of benzene rings is 3. The van der Waals surface area contributed by atoms with Crippen LogP contribution in [-0.4, -0.2) is 5.78 Å². The first-order valence-electron chi connectivity index (χ1n) is 13.5. The maximum atomic E-state index is 14.4. The van der Waals surface area contributed by atoms with Crippen LogP contribution in [0.4, 0.5) is 10.1 Å². The molecule has 0 saturated heterocycles. The van der Waals surface area contributed by atoms with E-state index in [0.29, 0.717) is 29.7 Å². The van der Waals surface area contributed by atoms with E-state index in [4.69, 9.17) is 5.73 Å². The molecule has 2 aliphatic rings. The molecule has 0 amide bonds. The summed E-state index contributed by atoms with van der Waals surface area (Å²) in [5.74, 6) is 0.0469. The number of Topliss-reactive ketones (excluding diaryl/α,β-unsaturated/α-hetero) is 1. The zero-order valence-electron chi connectivity index (χ0n) is 23.6. The Kier molecular flexibility index (Phi) is 7.37. The van der Waals surface area contributed by atoms with Gasteiger partial charge in [0.25, 0.3) is 0 Å². The zero-order valence-corrected chi connectivity index (χ0v) is 24.5. The second-order valence-corrected chi connectivity index (χ2v) is 12.7. The van der Waals surface area contributed by atoms with Crippen LogP contribution in [0.2, 0.25) is 0 Å². The highest BCUT2D eigenvalue weighted by atomic mass is 32.2. The van der Waals surface area contributed by atoms with E-state index < -0.39 is 11.7 Å². The molecule has 2 N–H and O–H groups in total. The first-order valence-corrected chi connectivity index (χ1v) is 14.5. The van der Waals surface area contributed by atoms with Crippen LogP contribution >= 0.6 is 11.8 Å². The van der Waals surface area contributed by atoms with E-state index in [1.54, 1.807) is 28.8 Å². The molecule has 0 bridgehead atoms. The van der Waals surface area contributed by atoms with E-state index in [-0.39, 0.29) is 17.0 Å². The van der Waals surface area contributed by atoms with Crippen molar-refractivity contribution in [2.75, 3.05) is 4.90 Å². The van der Waals surface area contributed by atoms with Gasteiger partial charge < -0.3 is 5.73 Å². The number of halogens is 1. The minimum atomic E-state index is -0.574. The summed E-state index contributed by atoms with van der Waals surface area (Å²) in [6.07, 6.45) is 0.958. The van der Waals surface area contributed by atoms with Gasteiger partial charge in [0, 0.05) is 28.3 Å². The van der Waals surface area contributed by atoms with Crippen molar-refractivity contribution < 1.29 is 9.18 Å². The number of anilines is 1. The summed E-state index contributed by atoms with van der Waals surface area (Å²) in [7, 11) is 0. The van der Waals surface area contributed by atoms with E-state index in [0.717, 1.165) is 33.7 Å². The largest absolute Gasteiger partial charge is 0.384 e. The van der Waals surface area contributed by atoms with Gasteiger partial charge in [0.1, 0.15) is 11.6 Å². The van der Waals surface area contributed by atoms with E-state index in [9.17, 15) is 14.4 Å². The average Bonchev–Trinajstić information content (AvgIpc) is 2.88. The topological polar surface area (TPSA) is 70.1 Å². The molecule has 0 fully saturated rings. The van der Waals surface area contributed by atoms with Crippen LogP contribution in [0.3, 0.4) is 0 Å². The molecule has 0 aromatic heterocycles. The lowest BCUT2D eigenvalue weighted by molar-refractivity contribution is -0.118. The predicted molar refractivity (Wildman–Crippen MR) is 160 cm³/mol. The molecule has 1 aliphatic heterocycles. The predicted octanol–water partition coefficient (Wildman–Crippen LogP) is 7.98. The fourth-order valence-corrected chi connectivity index (χ4v) is 7.10. The van der Waals surface area contributed by atoms with E-state index in [1.165, 1.54) is 22.6 Å². The minimum absolute atomic E-state index is 0.00893. The second-order valence-electron chi connectivity index (χ2n) is 11.7. The number of nitrogens with zero attached hydrogens (tertiary/aromatic N) is 2. The second kappa shape index (κ2) is 10.6. The van der Waals surface area contributed by atoms with Gasteiger partial charge >= 0.3 is 0 Å². The van der Waals surface area contributed by atoms with Crippen molar-refractivity contribution in [2.45, 2.75) is 64.0 Å². The van der Waals surface area contributed by atoms with Crippen molar-refractivity contribution in [1.82, 2.24) is 0 Å². The standard InChI is InChI=1S/C34H34FN3OS/c1-20-13-23(19-40-30-12-7-6-9-21(30)2)22(3)26(14-20)31-27(18-36)33(37)38(25-11-8-10-24(35)15-25)28-16-34(4,5)17-29(39)32(28)31/h6-15,31H,16-17,19,37H2,1-5H3. The summed E-state index contributed by atoms with van der Waals surface area (Å²) in [4.78, 5) is 16.9. The molecule has 1 heterocycles. The normalized spacial score (nSPS) is 18.6. The highest BCUT2D eigenvalue weighted by molar-refractivity contribution is 7.98. The maximum Gasteiger partial charge on any atom is 0.162 e. The molecule has 1 atom stereocenters. The van der Waals surface area contributed by atoms with Crippen LogP contribution in [0.25, 0.3) is 0 Å². The lowest BCUT2D eigenvalue weighted by Crippen LogP contribution is -2.42. The van der Waals surface area contributed by atoms with E-state index in [1.807, 2.05) is 19.1 Å². The Morgan fingerprint density at radius 2 is 1.82 bits per heavy atom. The third-order valence-electron chi connectivity index (χ3n) is 7.93. The first-order chi connectivity index (χ1) is 19.0. The van der Waals surface area contributed by atoms with Crippen LogP contribution in [0.1, 0.15) is 60.4 Å². The highest BCUT2D eigenvalue weighted by Gasteiger charge is 2.45. The van der Waals surface area contributed by atoms with Crippen LogP contribution in [-0.2, 0) is 10.5 Å². The van der Waals surface area contributed by atoms with Crippen molar-refractivity contribution in [3.05, 3.63) is 117 Å². The van der Waals surface area contributed by atoms with Gasteiger partial charge in [0.05, 0.1) is 23.2 Å². The number of carbonyl (C=O) groups excluding carboxylic acids is 1. The van der Waals surface area contributed by atoms with Crippen LogP contribution in [0.15, 0.2) is 88.2 Å². The molecule has 204 valence electrons. The van der Waals surface area contributed by atoms with Crippen molar-refractivity contribution in [3.8, 4) is 6.07 Å². The Morgan fingerprint density at radius 1 is 1.07 bits per heavy atom. The fraction of sp³-hybridized carbons (Fsp3) is 0.294. The Morgan fingerprint density at radius 3 is 2.52 bits per heavy atom. The Bertz CT molecular complexity index is 1630. The summed E-state index contributed by atoms with van der Waals surface area (Å²) in [6.45, 7) is 10.4. The highest BCUT2D eigenvalue weighted by Crippen LogP contribution is 2.51. The number of ketones is 1. The smallest absolute Gasteiger partial charge is 0.162 e. The summed E-state index contributed by atoms with van der Waals surface area (Å²) in [6, 6.07) is 21.1. The number of carbonyl (C=O) groups is 1. The van der Waals surface area contributed by atoms with Gasteiger partial charge in [0.2, 0.25) is 0 Å². The average molecular weight is 552 g/mol. The molecular weight excluding hydrogens is 517 g/mol. The molecule has 6 heteroatoms. The third-order valence-corrected chi connectivity index (χ3v) is 9.16. The van der Waals surface area contributed by atoms with Crippen LogP contribution < -0.4 is 10.6 Å². The molecule has 4 nitrogen and oxygen atoms in total. The summed E-state index contributed by atoms with van der Waals surface area (Å²) < 4.78 is 14.4. The molecule has 1 unspecified atom stereocenters. The molecule has 0 radical (unpaired) electrons. The molecule has 3 aromatic carbocycles. The number of thioether (sulfide) groups is 1. The number of nitriles is 1. The number of allylic oxidation sites excluding steroid dienone is 3. The van der Waals surface area contributed by atoms with Gasteiger partial charge in [-0.2, -0.15) is 5.26 Å². The van der Waals surface area contributed by atoms with Gasteiger partial charge in [-0.05, 0) is 79.1 Å². The maximum absolute atomic E-state index is 14.4. The Labute approximate surface area is 240 Å². The van der Waals surface area contributed by atoms with Crippen molar-refractivity contribution in [2.24, 2.45) is 11.1 Å². The number of hydrogen-bond acceptors (Lipinski definition) is 5.